The van der Waals surface area contributed by atoms with Crippen molar-refractivity contribution < 1.29 is 23.9 Å². The summed E-state index contributed by atoms with van der Waals surface area (Å²) in [6, 6.07) is 5.25. The zero-order valence-electron chi connectivity index (χ0n) is 11.1. The van der Waals surface area contributed by atoms with E-state index >= 15 is 0 Å². The van der Waals surface area contributed by atoms with Crippen LogP contribution in [0.15, 0.2) is 24.3 Å². The molecule has 1 aliphatic rings. The fourth-order valence-corrected chi connectivity index (χ4v) is 1.99. The monoisotopic (exact) mass is 281 g/mol. The first-order chi connectivity index (χ1) is 9.52. The highest BCUT2D eigenvalue weighted by molar-refractivity contribution is 5.89. The van der Waals surface area contributed by atoms with E-state index in [0.29, 0.717) is 6.61 Å². The number of hydrogen-bond donors (Lipinski definition) is 0. The van der Waals surface area contributed by atoms with Crippen molar-refractivity contribution in [1.82, 2.24) is 0 Å². The third-order valence-corrected chi connectivity index (χ3v) is 3.14. The van der Waals surface area contributed by atoms with Crippen LogP contribution in [0.25, 0.3) is 0 Å². The van der Waals surface area contributed by atoms with Crippen molar-refractivity contribution in [2.24, 2.45) is 5.92 Å². The smallest absolute Gasteiger partial charge is 0.338 e. The molecule has 1 fully saturated rings. The molecule has 0 N–H and O–H groups in total. The maximum Gasteiger partial charge on any atom is 0.338 e. The minimum atomic E-state index is -0.577. The predicted molar refractivity (Wildman–Crippen MR) is 68.2 cm³/mol. The molecule has 1 aromatic rings. The van der Waals surface area contributed by atoms with E-state index < -0.39 is 23.3 Å². The Balaban J connectivity index is 2.06. The van der Waals surface area contributed by atoms with E-state index in [2.05, 4.69) is 0 Å². The van der Waals surface area contributed by atoms with Crippen LogP contribution in [0.2, 0.25) is 0 Å². The third kappa shape index (κ3) is 2.94. The molecule has 0 aromatic heterocycles. The van der Waals surface area contributed by atoms with Gasteiger partial charge >= 0.3 is 5.97 Å². The summed E-state index contributed by atoms with van der Waals surface area (Å²) in [6.45, 7) is 2.35. The van der Waals surface area contributed by atoms with E-state index in [-0.39, 0.29) is 17.2 Å². The number of rotatable bonds is 4. The molecule has 1 aliphatic heterocycles. The number of benzene rings is 1. The highest BCUT2D eigenvalue weighted by Gasteiger charge is 2.38. The summed E-state index contributed by atoms with van der Waals surface area (Å²) in [5.41, 5.74) is 0.179. The number of hydrogen-bond acceptors (Lipinski definition) is 6. The molecule has 3 atom stereocenters. The van der Waals surface area contributed by atoms with Gasteiger partial charge in [0.2, 0.25) is 0 Å². The van der Waals surface area contributed by atoms with Crippen LogP contribution in [-0.2, 0) is 14.2 Å². The molecule has 20 heavy (non-hydrogen) atoms. The van der Waals surface area contributed by atoms with Crippen molar-refractivity contribution in [3.8, 4) is 0 Å². The Morgan fingerprint density at radius 3 is 2.60 bits per heavy atom. The molecular formula is C13H15NO6. The molecule has 7 nitrogen and oxygen atoms in total. The fraction of sp³-hybridized carbons (Fsp3) is 0.462. The van der Waals surface area contributed by atoms with Gasteiger partial charge in [-0.2, -0.15) is 0 Å². The van der Waals surface area contributed by atoms with Gasteiger partial charge in [-0.3, -0.25) is 10.1 Å². The van der Waals surface area contributed by atoms with E-state index in [1.54, 1.807) is 0 Å². The highest BCUT2D eigenvalue weighted by atomic mass is 16.7. The largest absolute Gasteiger partial charge is 0.453 e. The molecule has 0 amide bonds. The lowest BCUT2D eigenvalue weighted by atomic mass is 10.1. The van der Waals surface area contributed by atoms with E-state index in [1.807, 2.05) is 6.92 Å². The van der Waals surface area contributed by atoms with Crippen LogP contribution in [0.3, 0.4) is 0 Å². The molecule has 2 rings (SSSR count). The lowest BCUT2D eigenvalue weighted by molar-refractivity contribution is -0.384. The molecule has 0 saturated carbocycles. The molecular weight excluding hydrogens is 266 g/mol. The molecule has 1 saturated heterocycles. The molecule has 1 heterocycles. The average molecular weight is 281 g/mol. The third-order valence-electron chi connectivity index (χ3n) is 3.14. The summed E-state index contributed by atoms with van der Waals surface area (Å²) < 4.78 is 15.8. The zero-order chi connectivity index (χ0) is 14.7. The Hall–Kier alpha value is -1.99. The van der Waals surface area contributed by atoms with Gasteiger partial charge in [0.15, 0.2) is 12.4 Å². The van der Waals surface area contributed by atoms with Crippen LogP contribution in [0.4, 0.5) is 5.69 Å². The fourth-order valence-electron chi connectivity index (χ4n) is 1.99. The topological polar surface area (TPSA) is 87.9 Å². The van der Waals surface area contributed by atoms with Crippen LogP contribution < -0.4 is 0 Å². The Bertz CT molecular complexity index is 500. The van der Waals surface area contributed by atoms with Crippen molar-refractivity contribution >= 4 is 11.7 Å². The Morgan fingerprint density at radius 2 is 2.05 bits per heavy atom. The van der Waals surface area contributed by atoms with Crippen molar-refractivity contribution in [3.63, 3.8) is 0 Å². The second kappa shape index (κ2) is 5.98. The summed E-state index contributed by atoms with van der Waals surface area (Å²) in [7, 11) is 1.48. The van der Waals surface area contributed by atoms with Gasteiger partial charge in [0.05, 0.1) is 17.1 Å². The standard InChI is InChI=1S/C13H15NO6/c1-8-7-19-13(18-2)11(8)20-12(15)9-3-5-10(6-4-9)14(16)17/h3-6,8,11,13H,7H2,1-2H3/t8-,11+,13+/m1/s1. The van der Waals surface area contributed by atoms with E-state index in [9.17, 15) is 14.9 Å². The van der Waals surface area contributed by atoms with Crippen molar-refractivity contribution in [2.75, 3.05) is 13.7 Å². The number of non-ortho nitro benzene ring substituents is 1. The molecule has 7 heteroatoms. The van der Waals surface area contributed by atoms with Crippen molar-refractivity contribution in [2.45, 2.75) is 19.3 Å². The van der Waals surface area contributed by atoms with E-state index in [0.717, 1.165) is 0 Å². The molecule has 0 aliphatic carbocycles. The summed E-state index contributed by atoms with van der Waals surface area (Å²) in [5, 5.41) is 10.5. The number of nitrogens with zero attached hydrogens (tertiary/aromatic N) is 1. The van der Waals surface area contributed by atoms with Gasteiger partial charge < -0.3 is 14.2 Å². The minimum Gasteiger partial charge on any atom is -0.453 e. The van der Waals surface area contributed by atoms with Crippen LogP contribution in [0.1, 0.15) is 17.3 Å². The number of carbonyl (C=O) groups is 1. The zero-order valence-corrected chi connectivity index (χ0v) is 11.1. The van der Waals surface area contributed by atoms with Gasteiger partial charge in [-0.1, -0.05) is 6.92 Å². The Kier molecular flexibility index (Phi) is 4.31. The average Bonchev–Trinajstić information content (AvgIpc) is 2.79. The quantitative estimate of drug-likeness (QED) is 0.474. The van der Waals surface area contributed by atoms with Gasteiger partial charge in [-0.15, -0.1) is 0 Å². The summed E-state index contributed by atoms with van der Waals surface area (Å²) in [5.74, 6) is -0.522. The SMILES string of the molecule is CO[C@H]1OC[C@@H](C)[C@@H]1OC(=O)c1ccc([N+](=O)[O-])cc1. The maximum absolute atomic E-state index is 12.0. The number of esters is 1. The van der Waals surface area contributed by atoms with Gasteiger partial charge in [0.25, 0.3) is 5.69 Å². The molecule has 108 valence electrons. The van der Waals surface area contributed by atoms with Crippen molar-refractivity contribution in [3.05, 3.63) is 39.9 Å². The van der Waals surface area contributed by atoms with Crippen LogP contribution in [-0.4, -0.2) is 37.0 Å². The van der Waals surface area contributed by atoms with E-state index in [4.69, 9.17) is 14.2 Å². The van der Waals surface area contributed by atoms with Crippen LogP contribution >= 0.6 is 0 Å². The number of carbonyl (C=O) groups excluding carboxylic acids is 1. The van der Waals surface area contributed by atoms with Gasteiger partial charge in [-0.05, 0) is 12.1 Å². The van der Waals surface area contributed by atoms with E-state index in [1.165, 1.54) is 31.4 Å². The highest BCUT2D eigenvalue weighted by Crippen LogP contribution is 2.25. The molecule has 1 aromatic carbocycles. The summed E-state index contributed by atoms with van der Waals surface area (Å²) >= 11 is 0. The number of nitro benzene ring substituents is 1. The second-order valence-electron chi connectivity index (χ2n) is 4.59. The first-order valence-electron chi connectivity index (χ1n) is 6.12. The second-order valence-corrected chi connectivity index (χ2v) is 4.59. The minimum absolute atomic E-state index is 0.0296. The normalized spacial score (nSPS) is 25.4. The first kappa shape index (κ1) is 14.4. The molecule has 0 spiro atoms. The molecule has 0 radical (unpaired) electrons. The lowest BCUT2D eigenvalue weighted by Gasteiger charge is -2.20. The number of nitro groups is 1. The number of ether oxygens (including phenoxy) is 3. The van der Waals surface area contributed by atoms with Crippen LogP contribution in [0, 0.1) is 16.0 Å². The number of methoxy groups -OCH3 is 1. The maximum atomic E-state index is 12.0. The summed E-state index contributed by atoms with van der Waals surface area (Å²) in [4.78, 5) is 22.0. The Morgan fingerprint density at radius 1 is 1.40 bits per heavy atom. The van der Waals surface area contributed by atoms with Gasteiger partial charge in [-0.25, -0.2) is 4.79 Å². The van der Waals surface area contributed by atoms with Crippen molar-refractivity contribution in [1.29, 1.82) is 0 Å². The Labute approximate surface area is 115 Å². The molecule has 0 bridgehead atoms. The van der Waals surface area contributed by atoms with Gasteiger partial charge in [0, 0.05) is 25.2 Å². The van der Waals surface area contributed by atoms with Gasteiger partial charge in [0.1, 0.15) is 0 Å². The molecule has 0 unspecified atom stereocenters. The predicted octanol–water partition coefficient (Wildman–Crippen LogP) is 1.76. The first-order valence-corrected chi connectivity index (χ1v) is 6.12. The lowest BCUT2D eigenvalue weighted by Crippen LogP contribution is -2.32. The van der Waals surface area contributed by atoms with Crippen LogP contribution in [0.5, 0.6) is 0 Å². The summed E-state index contributed by atoms with van der Waals surface area (Å²) in [6.07, 6.45) is -1.06.